The molecule has 2 aromatic heterocycles. The number of likely N-dealkylation sites (tertiary alicyclic amines) is 1. The monoisotopic (exact) mass is 332 g/mol. The molecule has 130 valence electrons. The lowest BCUT2D eigenvalue weighted by Crippen LogP contribution is -2.36. The summed E-state index contributed by atoms with van der Waals surface area (Å²) in [7, 11) is 1.61. The van der Waals surface area contributed by atoms with Crippen molar-refractivity contribution in [2.24, 2.45) is 0 Å². The van der Waals surface area contributed by atoms with Crippen molar-refractivity contribution in [3.8, 4) is 0 Å². The van der Waals surface area contributed by atoms with Crippen LogP contribution < -0.4 is 5.32 Å². The number of piperidine rings is 1. The van der Waals surface area contributed by atoms with Crippen LogP contribution in [0.15, 0.2) is 16.7 Å². The van der Waals surface area contributed by atoms with E-state index in [2.05, 4.69) is 25.5 Å². The SMILES string of the molecule is CNC(=O)c1ccn(C2CCCN(Cc3nnc(C(C)C)o3)C2)n1. The van der Waals surface area contributed by atoms with Crippen LogP contribution in [0.1, 0.15) is 60.9 Å². The van der Waals surface area contributed by atoms with Crippen LogP contribution in [0.4, 0.5) is 0 Å². The van der Waals surface area contributed by atoms with E-state index in [0.717, 1.165) is 25.9 Å². The topological polar surface area (TPSA) is 89.1 Å². The Kier molecular flexibility index (Phi) is 4.94. The molecule has 1 N–H and O–H groups in total. The maximum atomic E-state index is 11.6. The van der Waals surface area contributed by atoms with Gasteiger partial charge in [-0.1, -0.05) is 13.8 Å². The summed E-state index contributed by atoms with van der Waals surface area (Å²) in [5.74, 6) is 1.42. The Hall–Kier alpha value is -2.22. The molecule has 0 aromatic carbocycles. The zero-order valence-corrected chi connectivity index (χ0v) is 14.4. The lowest BCUT2D eigenvalue weighted by Gasteiger charge is -2.31. The molecule has 1 aliphatic rings. The van der Waals surface area contributed by atoms with Gasteiger partial charge in [-0.05, 0) is 25.5 Å². The maximum Gasteiger partial charge on any atom is 0.271 e. The Labute approximate surface area is 141 Å². The molecule has 1 unspecified atom stereocenters. The van der Waals surface area contributed by atoms with E-state index in [0.29, 0.717) is 24.0 Å². The minimum absolute atomic E-state index is 0.159. The van der Waals surface area contributed by atoms with Crippen molar-refractivity contribution < 1.29 is 9.21 Å². The molecule has 3 heterocycles. The summed E-state index contributed by atoms with van der Waals surface area (Å²) in [4.78, 5) is 13.9. The minimum atomic E-state index is -0.159. The molecule has 3 rings (SSSR count). The highest BCUT2D eigenvalue weighted by molar-refractivity contribution is 5.91. The molecular formula is C16H24N6O2. The van der Waals surface area contributed by atoms with Gasteiger partial charge in [0.25, 0.3) is 5.91 Å². The van der Waals surface area contributed by atoms with Crippen LogP contribution in [0.3, 0.4) is 0 Å². The van der Waals surface area contributed by atoms with E-state index in [1.54, 1.807) is 13.1 Å². The second kappa shape index (κ2) is 7.12. The molecule has 1 amide bonds. The molecule has 8 heteroatoms. The predicted octanol–water partition coefficient (Wildman–Crippen LogP) is 1.59. The van der Waals surface area contributed by atoms with Crippen molar-refractivity contribution in [2.75, 3.05) is 20.1 Å². The summed E-state index contributed by atoms with van der Waals surface area (Å²) in [6.07, 6.45) is 4.00. The summed E-state index contributed by atoms with van der Waals surface area (Å²) in [5.41, 5.74) is 0.452. The molecule has 1 fully saturated rings. The smallest absolute Gasteiger partial charge is 0.271 e. The van der Waals surface area contributed by atoms with Crippen LogP contribution in [0.5, 0.6) is 0 Å². The second-order valence-corrected chi connectivity index (χ2v) is 6.48. The van der Waals surface area contributed by atoms with Gasteiger partial charge in [0.2, 0.25) is 11.8 Å². The van der Waals surface area contributed by atoms with Gasteiger partial charge in [-0.3, -0.25) is 14.4 Å². The number of carbonyl (C=O) groups is 1. The normalized spacial score (nSPS) is 18.9. The highest BCUT2D eigenvalue weighted by Gasteiger charge is 2.24. The number of hydrogen-bond acceptors (Lipinski definition) is 6. The average molecular weight is 332 g/mol. The lowest BCUT2D eigenvalue weighted by atomic mass is 10.1. The van der Waals surface area contributed by atoms with Gasteiger partial charge in [-0.15, -0.1) is 10.2 Å². The van der Waals surface area contributed by atoms with Crippen LogP contribution in [-0.4, -0.2) is 50.9 Å². The van der Waals surface area contributed by atoms with Crippen LogP contribution in [0.2, 0.25) is 0 Å². The Morgan fingerprint density at radius 1 is 1.46 bits per heavy atom. The third-order valence-corrected chi connectivity index (χ3v) is 4.26. The summed E-state index contributed by atoms with van der Waals surface area (Å²) < 4.78 is 7.59. The molecule has 0 aliphatic carbocycles. The Bertz CT molecular complexity index is 692. The maximum absolute atomic E-state index is 11.6. The standard InChI is InChI=1S/C16H24N6O2/c1-11(2)16-19-18-14(24-16)10-21-7-4-5-12(9-21)22-8-6-13(20-22)15(23)17-3/h6,8,11-12H,4-5,7,9-10H2,1-3H3,(H,17,23). The highest BCUT2D eigenvalue weighted by Crippen LogP contribution is 2.23. The van der Waals surface area contributed by atoms with Gasteiger partial charge in [0.05, 0.1) is 12.6 Å². The molecule has 0 saturated carbocycles. The Balaban J connectivity index is 1.63. The Morgan fingerprint density at radius 3 is 3.00 bits per heavy atom. The van der Waals surface area contributed by atoms with E-state index >= 15 is 0 Å². The van der Waals surface area contributed by atoms with Gasteiger partial charge < -0.3 is 9.73 Å². The number of nitrogens with zero attached hydrogens (tertiary/aromatic N) is 5. The van der Waals surface area contributed by atoms with Crippen molar-refractivity contribution in [2.45, 2.75) is 45.2 Å². The average Bonchev–Trinajstić information content (AvgIpc) is 3.24. The summed E-state index contributed by atoms with van der Waals surface area (Å²) >= 11 is 0. The molecule has 0 spiro atoms. The van der Waals surface area contributed by atoms with Gasteiger partial charge in [-0.25, -0.2) is 0 Å². The second-order valence-electron chi connectivity index (χ2n) is 6.48. The highest BCUT2D eigenvalue weighted by atomic mass is 16.4. The first kappa shape index (κ1) is 16.6. The molecule has 1 saturated heterocycles. The Morgan fingerprint density at radius 2 is 2.29 bits per heavy atom. The summed E-state index contributed by atoms with van der Waals surface area (Å²) in [6.45, 7) is 6.58. The van der Waals surface area contributed by atoms with Gasteiger partial charge >= 0.3 is 0 Å². The first-order valence-corrected chi connectivity index (χ1v) is 8.38. The van der Waals surface area contributed by atoms with Crippen molar-refractivity contribution in [1.82, 2.24) is 30.2 Å². The van der Waals surface area contributed by atoms with Gasteiger partial charge in [-0.2, -0.15) is 5.10 Å². The zero-order valence-electron chi connectivity index (χ0n) is 14.4. The van der Waals surface area contributed by atoms with Crippen molar-refractivity contribution in [3.63, 3.8) is 0 Å². The first-order chi connectivity index (χ1) is 11.6. The van der Waals surface area contributed by atoms with Gasteiger partial charge in [0.15, 0.2) is 0 Å². The summed E-state index contributed by atoms with van der Waals surface area (Å²) in [5, 5.41) is 15.2. The van der Waals surface area contributed by atoms with E-state index in [1.165, 1.54) is 0 Å². The van der Waals surface area contributed by atoms with E-state index in [4.69, 9.17) is 4.42 Å². The van der Waals surface area contributed by atoms with Crippen LogP contribution in [0.25, 0.3) is 0 Å². The lowest BCUT2D eigenvalue weighted by molar-refractivity contribution is 0.0955. The molecule has 24 heavy (non-hydrogen) atoms. The zero-order chi connectivity index (χ0) is 17.1. The number of hydrogen-bond donors (Lipinski definition) is 1. The van der Waals surface area contributed by atoms with Crippen LogP contribution in [-0.2, 0) is 6.54 Å². The van der Waals surface area contributed by atoms with Crippen molar-refractivity contribution >= 4 is 5.91 Å². The van der Waals surface area contributed by atoms with E-state index < -0.39 is 0 Å². The van der Waals surface area contributed by atoms with E-state index in [-0.39, 0.29) is 17.9 Å². The number of nitrogens with one attached hydrogen (secondary N) is 1. The number of rotatable bonds is 5. The molecule has 8 nitrogen and oxygen atoms in total. The largest absolute Gasteiger partial charge is 0.424 e. The third kappa shape index (κ3) is 3.64. The number of aromatic nitrogens is 4. The molecule has 1 aliphatic heterocycles. The van der Waals surface area contributed by atoms with Gasteiger partial charge in [0.1, 0.15) is 5.69 Å². The molecule has 1 atom stereocenters. The summed E-state index contributed by atoms with van der Waals surface area (Å²) in [6, 6.07) is 2.01. The first-order valence-electron chi connectivity index (χ1n) is 8.38. The van der Waals surface area contributed by atoms with Crippen LogP contribution >= 0.6 is 0 Å². The molecule has 0 bridgehead atoms. The molecule has 2 aromatic rings. The fraction of sp³-hybridized carbons (Fsp3) is 0.625. The third-order valence-electron chi connectivity index (χ3n) is 4.26. The predicted molar refractivity (Wildman–Crippen MR) is 87.6 cm³/mol. The molecule has 0 radical (unpaired) electrons. The minimum Gasteiger partial charge on any atom is -0.424 e. The number of carbonyl (C=O) groups excluding carboxylic acids is 1. The van der Waals surface area contributed by atoms with Crippen molar-refractivity contribution in [3.05, 3.63) is 29.7 Å². The fourth-order valence-electron chi connectivity index (χ4n) is 2.94. The van der Waals surface area contributed by atoms with E-state index in [9.17, 15) is 4.79 Å². The van der Waals surface area contributed by atoms with Crippen LogP contribution in [0, 0.1) is 0 Å². The van der Waals surface area contributed by atoms with E-state index in [1.807, 2.05) is 24.7 Å². The van der Waals surface area contributed by atoms with Gasteiger partial charge in [0, 0.05) is 25.7 Å². The fourth-order valence-corrected chi connectivity index (χ4v) is 2.94. The van der Waals surface area contributed by atoms with Crippen molar-refractivity contribution in [1.29, 1.82) is 0 Å². The molecular weight excluding hydrogens is 308 g/mol. The quantitative estimate of drug-likeness (QED) is 0.894. The number of amides is 1.